The van der Waals surface area contributed by atoms with Gasteiger partial charge in [0.1, 0.15) is 6.04 Å². The van der Waals surface area contributed by atoms with Crippen LogP contribution in [0.15, 0.2) is 48.5 Å². The molecule has 0 fully saturated rings. The van der Waals surface area contributed by atoms with Crippen molar-refractivity contribution in [1.82, 2.24) is 5.32 Å². The Bertz CT molecular complexity index is 834. The molecule has 1 atom stereocenters. The van der Waals surface area contributed by atoms with Crippen LogP contribution in [0.1, 0.15) is 29.8 Å². The number of amides is 3. The second-order valence-electron chi connectivity index (χ2n) is 6.51. The lowest BCUT2D eigenvalue weighted by Crippen LogP contribution is -2.44. The molecule has 0 saturated carbocycles. The van der Waals surface area contributed by atoms with E-state index in [1.54, 1.807) is 57.2 Å². The summed E-state index contributed by atoms with van der Waals surface area (Å²) in [5, 5.41) is 17.1. The molecule has 2 aromatic rings. The smallest absolute Gasteiger partial charge is 0.326 e. The lowest BCUT2D eigenvalue weighted by molar-refractivity contribution is -0.140. The second-order valence-corrected chi connectivity index (χ2v) is 6.51. The Morgan fingerprint density at radius 1 is 0.963 bits per heavy atom. The molecule has 0 saturated heterocycles. The Morgan fingerprint density at radius 3 is 2.22 bits per heavy atom. The summed E-state index contributed by atoms with van der Waals surface area (Å²) >= 11 is 0. The second kappa shape index (κ2) is 8.84. The van der Waals surface area contributed by atoms with Gasteiger partial charge in [0.25, 0.3) is 5.91 Å². The highest BCUT2D eigenvalue weighted by atomic mass is 16.4. The average molecular weight is 369 g/mol. The van der Waals surface area contributed by atoms with E-state index in [-0.39, 0.29) is 11.5 Å². The number of carboxylic acid groups (broad SMARTS) is 1. The first-order chi connectivity index (χ1) is 12.8. The number of aliphatic carboxylic acids is 1. The van der Waals surface area contributed by atoms with Crippen molar-refractivity contribution < 1.29 is 19.5 Å². The molecular weight excluding hydrogens is 346 g/mol. The van der Waals surface area contributed by atoms with Crippen LogP contribution in [-0.2, 0) is 4.79 Å². The number of aryl methyl sites for hydroxylation is 1. The van der Waals surface area contributed by atoms with Crippen molar-refractivity contribution in [3.63, 3.8) is 0 Å². The highest BCUT2D eigenvalue weighted by Gasteiger charge is 2.24. The predicted molar refractivity (Wildman–Crippen MR) is 104 cm³/mol. The summed E-state index contributed by atoms with van der Waals surface area (Å²) in [5.74, 6) is -1.86. The summed E-state index contributed by atoms with van der Waals surface area (Å²) < 4.78 is 0. The van der Waals surface area contributed by atoms with Gasteiger partial charge in [-0.15, -0.1) is 0 Å². The summed E-state index contributed by atoms with van der Waals surface area (Å²) in [6, 6.07) is 12.3. The molecule has 0 radical (unpaired) electrons. The van der Waals surface area contributed by atoms with Crippen LogP contribution in [0.4, 0.5) is 16.2 Å². The molecule has 27 heavy (non-hydrogen) atoms. The highest BCUT2D eigenvalue weighted by Crippen LogP contribution is 2.18. The predicted octanol–water partition coefficient (Wildman–Crippen LogP) is 3.48. The van der Waals surface area contributed by atoms with Gasteiger partial charge in [-0.1, -0.05) is 38.1 Å². The Hall–Kier alpha value is -3.35. The first-order valence-corrected chi connectivity index (χ1v) is 8.55. The van der Waals surface area contributed by atoms with E-state index in [1.165, 1.54) is 6.07 Å². The van der Waals surface area contributed by atoms with Gasteiger partial charge < -0.3 is 21.1 Å². The van der Waals surface area contributed by atoms with Gasteiger partial charge in [-0.25, -0.2) is 9.59 Å². The van der Waals surface area contributed by atoms with Gasteiger partial charge in [-0.3, -0.25) is 4.79 Å². The topological polar surface area (TPSA) is 108 Å². The van der Waals surface area contributed by atoms with Gasteiger partial charge in [0.05, 0.1) is 0 Å². The van der Waals surface area contributed by atoms with Crippen LogP contribution in [0.5, 0.6) is 0 Å². The molecule has 0 spiro atoms. The lowest BCUT2D eigenvalue weighted by atomic mass is 10.0. The van der Waals surface area contributed by atoms with E-state index in [1.807, 2.05) is 6.07 Å². The van der Waals surface area contributed by atoms with Crippen molar-refractivity contribution in [2.75, 3.05) is 10.6 Å². The highest BCUT2D eigenvalue weighted by molar-refractivity contribution is 6.02. The normalized spacial score (nSPS) is 11.6. The Balaban J connectivity index is 2.12. The summed E-state index contributed by atoms with van der Waals surface area (Å²) in [6.07, 6.45) is 0. The largest absolute Gasteiger partial charge is 0.480 e. The molecule has 2 aromatic carbocycles. The van der Waals surface area contributed by atoms with E-state index in [4.69, 9.17) is 0 Å². The molecule has 0 heterocycles. The number of urea groups is 1. The lowest BCUT2D eigenvalue weighted by Gasteiger charge is -2.18. The zero-order valence-corrected chi connectivity index (χ0v) is 15.4. The van der Waals surface area contributed by atoms with Crippen LogP contribution in [0.2, 0.25) is 0 Å². The number of benzene rings is 2. The quantitative estimate of drug-likeness (QED) is 0.625. The molecule has 0 unspecified atom stereocenters. The molecule has 0 aliphatic heterocycles. The molecule has 0 aliphatic carbocycles. The number of carboxylic acids is 1. The molecule has 4 N–H and O–H groups in total. The Morgan fingerprint density at radius 2 is 1.63 bits per heavy atom. The monoisotopic (exact) mass is 369 g/mol. The van der Waals surface area contributed by atoms with Crippen LogP contribution in [0, 0.1) is 12.8 Å². The maximum absolute atomic E-state index is 12.4. The zero-order chi connectivity index (χ0) is 20.0. The number of rotatable bonds is 6. The maximum atomic E-state index is 12.4. The summed E-state index contributed by atoms with van der Waals surface area (Å²) in [4.78, 5) is 35.8. The van der Waals surface area contributed by atoms with E-state index in [9.17, 15) is 19.5 Å². The van der Waals surface area contributed by atoms with E-state index in [0.717, 1.165) is 5.56 Å². The molecule has 2 rings (SSSR count). The van der Waals surface area contributed by atoms with Gasteiger partial charge in [0, 0.05) is 16.9 Å². The van der Waals surface area contributed by atoms with Crippen molar-refractivity contribution in [2.24, 2.45) is 5.92 Å². The van der Waals surface area contributed by atoms with Crippen LogP contribution in [0.3, 0.4) is 0 Å². The molecule has 0 bridgehead atoms. The first-order valence-electron chi connectivity index (χ1n) is 8.55. The third-order valence-corrected chi connectivity index (χ3v) is 4.00. The van der Waals surface area contributed by atoms with E-state index in [2.05, 4.69) is 16.0 Å². The minimum absolute atomic E-state index is 0.258. The number of para-hydroxylation sites is 1. The van der Waals surface area contributed by atoms with Crippen molar-refractivity contribution in [2.45, 2.75) is 26.8 Å². The van der Waals surface area contributed by atoms with Gasteiger partial charge in [0.2, 0.25) is 0 Å². The minimum Gasteiger partial charge on any atom is -0.480 e. The third kappa shape index (κ3) is 5.57. The Kier molecular flexibility index (Phi) is 6.54. The van der Waals surface area contributed by atoms with Gasteiger partial charge >= 0.3 is 12.0 Å². The van der Waals surface area contributed by atoms with Crippen LogP contribution >= 0.6 is 0 Å². The average Bonchev–Trinajstić information content (AvgIpc) is 2.61. The molecule has 3 amide bonds. The van der Waals surface area contributed by atoms with Gasteiger partial charge in [-0.05, 0) is 42.7 Å². The van der Waals surface area contributed by atoms with Crippen LogP contribution in [-0.4, -0.2) is 29.1 Å². The van der Waals surface area contributed by atoms with Crippen molar-refractivity contribution >= 4 is 29.3 Å². The van der Waals surface area contributed by atoms with E-state index >= 15 is 0 Å². The van der Waals surface area contributed by atoms with Gasteiger partial charge in [0.15, 0.2) is 0 Å². The fourth-order valence-corrected chi connectivity index (χ4v) is 2.44. The number of hydrogen-bond acceptors (Lipinski definition) is 3. The standard InChI is InChI=1S/C20H23N3O4/c1-12(2)17(19(25)26)23-18(24)14-10-9-13(3)16(11-14)22-20(27)21-15-7-5-4-6-8-15/h4-12,17H,1-3H3,(H,23,24)(H,25,26)(H2,21,22,27)/t17-/m1/s1. The first kappa shape index (κ1) is 20.0. The fourth-order valence-electron chi connectivity index (χ4n) is 2.44. The van der Waals surface area contributed by atoms with Crippen LogP contribution < -0.4 is 16.0 Å². The van der Waals surface area contributed by atoms with Crippen molar-refractivity contribution in [3.8, 4) is 0 Å². The minimum atomic E-state index is -1.09. The third-order valence-electron chi connectivity index (χ3n) is 4.00. The number of anilines is 2. The molecule has 7 heteroatoms. The van der Waals surface area contributed by atoms with Crippen molar-refractivity contribution in [3.05, 3.63) is 59.7 Å². The molecular formula is C20H23N3O4. The molecule has 7 nitrogen and oxygen atoms in total. The number of hydrogen-bond donors (Lipinski definition) is 4. The molecule has 142 valence electrons. The van der Waals surface area contributed by atoms with E-state index in [0.29, 0.717) is 11.4 Å². The number of carbonyl (C=O) groups is 3. The maximum Gasteiger partial charge on any atom is 0.326 e. The van der Waals surface area contributed by atoms with Crippen LogP contribution in [0.25, 0.3) is 0 Å². The fraction of sp³-hybridized carbons (Fsp3) is 0.250. The van der Waals surface area contributed by atoms with E-state index < -0.39 is 23.9 Å². The van der Waals surface area contributed by atoms with Gasteiger partial charge in [-0.2, -0.15) is 0 Å². The Labute approximate surface area is 157 Å². The summed E-state index contributed by atoms with van der Waals surface area (Å²) in [5.41, 5.74) is 2.14. The number of carbonyl (C=O) groups excluding carboxylic acids is 2. The molecule has 0 aliphatic rings. The number of nitrogens with one attached hydrogen (secondary N) is 3. The summed E-state index contributed by atoms with van der Waals surface area (Å²) in [7, 11) is 0. The molecule has 0 aromatic heterocycles. The SMILES string of the molecule is Cc1ccc(C(=O)N[C@@H](C(=O)O)C(C)C)cc1NC(=O)Nc1ccccc1. The zero-order valence-electron chi connectivity index (χ0n) is 15.4. The summed E-state index contributed by atoms with van der Waals surface area (Å²) in [6.45, 7) is 5.23. The van der Waals surface area contributed by atoms with Crippen molar-refractivity contribution in [1.29, 1.82) is 0 Å².